The second kappa shape index (κ2) is 9.30. The molecule has 0 radical (unpaired) electrons. The first-order valence-corrected chi connectivity index (χ1v) is 12.3. The molecule has 186 valence electrons. The Hall–Kier alpha value is -2.45. The van der Waals surface area contributed by atoms with E-state index < -0.39 is 35.0 Å². The number of aliphatic hydroxyl groups is 1. The maximum Gasteiger partial charge on any atom is 0.312 e. The number of esters is 1. The molecule has 2 amide bonds. The molecule has 0 aliphatic carbocycles. The molecular weight excluding hydrogens is 436 g/mol. The molecule has 3 fully saturated rings. The van der Waals surface area contributed by atoms with Crippen LogP contribution in [0.5, 0.6) is 0 Å². The summed E-state index contributed by atoms with van der Waals surface area (Å²) in [4.78, 5) is 42.2. The van der Waals surface area contributed by atoms with Gasteiger partial charge in [-0.2, -0.15) is 0 Å². The number of aliphatic hydroxyl groups excluding tert-OH is 1. The zero-order valence-electron chi connectivity index (χ0n) is 20.6. The lowest BCUT2D eigenvalue weighted by molar-refractivity contribution is -0.158. The van der Waals surface area contributed by atoms with Crippen molar-refractivity contribution in [3.05, 3.63) is 29.3 Å². The van der Waals surface area contributed by atoms with Crippen molar-refractivity contribution in [3.8, 4) is 0 Å². The molecular formula is C26H36N2O6. The number of anilines is 1. The quantitative estimate of drug-likeness (QED) is 0.423. The second-order valence-corrected chi connectivity index (χ2v) is 10.1. The molecule has 3 aliphatic heterocycles. The highest BCUT2D eigenvalue weighted by molar-refractivity contribution is 6.03. The SMILES string of the molecule is CCOC(=O)[C@H]1[C@H]2C(=O)N(CCCCCO)C(C(=O)Nc3cc(C)ccc3C)C23CC[C@]1(C)O3. The number of carbonyl (C=O) groups excluding carboxylic acids is 3. The van der Waals surface area contributed by atoms with Gasteiger partial charge in [0.1, 0.15) is 17.6 Å². The minimum atomic E-state index is -1.05. The molecule has 1 aromatic rings. The Morgan fingerprint density at radius 2 is 2.00 bits per heavy atom. The third-order valence-electron chi connectivity index (χ3n) is 7.77. The van der Waals surface area contributed by atoms with E-state index in [0.717, 1.165) is 17.5 Å². The molecule has 0 saturated carbocycles. The number of unbranched alkanes of at least 4 members (excludes halogenated alkanes) is 2. The number of nitrogens with one attached hydrogen (secondary N) is 1. The highest BCUT2D eigenvalue weighted by atomic mass is 16.6. The molecule has 2 bridgehead atoms. The number of hydrogen-bond donors (Lipinski definition) is 2. The lowest BCUT2D eigenvalue weighted by Gasteiger charge is -2.33. The Bertz CT molecular complexity index is 980. The predicted octanol–water partition coefficient (Wildman–Crippen LogP) is 2.73. The van der Waals surface area contributed by atoms with Crippen LogP contribution in [-0.2, 0) is 23.9 Å². The van der Waals surface area contributed by atoms with Gasteiger partial charge >= 0.3 is 5.97 Å². The Balaban J connectivity index is 1.69. The lowest BCUT2D eigenvalue weighted by Crippen LogP contribution is -2.53. The molecule has 8 nitrogen and oxygen atoms in total. The van der Waals surface area contributed by atoms with Crippen molar-refractivity contribution in [2.45, 2.75) is 77.0 Å². The highest BCUT2D eigenvalue weighted by Crippen LogP contribution is 2.63. The van der Waals surface area contributed by atoms with Crippen molar-refractivity contribution in [1.29, 1.82) is 0 Å². The first kappa shape index (κ1) is 24.7. The van der Waals surface area contributed by atoms with Crippen LogP contribution in [0, 0.1) is 25.7 Å². The van der Waals surface area contributed by atoms with Gasteiger partial charge in [-0.25, -0.2) is 0 Å². The van der Waals surface area contributed by atoms with E-state index in [4.69, 9.17) is 14.6 Å². The highest BCUT2D eigenvalue weighted by Gasteiger charge is 2.78. The largest absolute Gasteiger partial charge is 0.466 e. The smallest absolute Gasteiger partial charge is 0.312 e. The van der Waals surface area contributed by atoms with E-state index in [1.165, 1.54) is 0 Å². The summed E-state index contributed by atoms with van der Waals surface area (Å²) < 4.78 is 11.9. The van der Waals surface area contributed by atoms with Crippen LogP contribution < -0.4 is 5.32 Å². The molecule has 4 rings (SSSR count). The standard InChI is InChI=1S/C26H36N2O6/c1-5-33-24(32)20-19-23(31)28(13-7-6-8-14-29)21(26(19)12-11-25(20,4)34-26)22(30)27-18-15-16(2)9-10-17(18)3/h9-10,15,19-21,29H,5-8,11-14H2,1-4H3,(H,27,30)/t19-,20+,21?,25-,26?/m0/s1. The second-order valence-electron chi connectivity index (χ2n) is 10.1. The van der Waals surface area contributed by atoms with E-state index in [-0.39, 0.29) is 25.0 Å². The average Bonchev–Trinajstić information content (AvgIpc) is 3.35. The molecule has 1 aromatic carbocycles. The third-order valence-corrected chi connectivity index (χ3v) is 7.77. The van der Waals surface area contributed by atoms with E-state index in [0.29, 0.717) is 37.9 Å². The summed E-state index contributed by atoms with van der Waals surface area (Å²) in [5.74, 6) is -2.41. The van der Waals surface area contributed by atoms with Crippen LogP contribution >= 0.6 is 0 Å². The van der Waals surface area contributed by atoms with Gasteiger partial charge < -0.3 is 24.8 Å². The van der Waals surface area contributed by atoms with Crippen LogP contribution in [0.3, 0.4) is 0 Å². The van der Waals surface area contributed by atoms with E-state index >= 15 is 0 Å². The first-order valence-electron chi connectivity index (χ1n) is 12.3. The minimum Gasteiger partial charge on any atom is -0.466 e. The van der Waals surface area contributed by atoms with Gasteiger partial charge in [0, 0.05) is 18.8 Å². The van der Waals surface area contributed by atoms with E-state index in [1.807, 2.05) is 39.0 Å². The Kier molecular flexibility index (Phi) is 6.75. The number of benzene rings is 1. The van der Waals surface area contributed by atoms with Gasteiger partial charge in [0.15, 0.2) is 0 Å². The number of ether oxygens (including phenoxy) is 2. The Morgan fingerprint density at radius 3 is 2.71 bits per heavy atom. The summed E-state index contributed by atoms with van der Waals surface area (Å²) in [5.41, 5.74) is 0.779. The van der Waals surface area contributed by atoms with Gasteiger partial charge in [-0.1, -0.05) is 12.1 Å². The monoisotopic (exact) mass is 472 g/mol. The third kappa shape index (κ3) is 3.90. The Morgan fingerprint density at radius 1 is 1.24 bits per heavy atom. The predicted molar refractivity (Wildman–Crippen MR) is 126 cm³/mol. The zero-order chi connectivity index (χ0) is 24.7. The molecule has 5 atom stereocenters. The van der Waals surface area contributed by atoms with Gasteiger partial charge in [0.2, 0.25) is 11.8 Å². The fourth-order valence-electron chi connectivity index (χ4n) is 6.20. The molecule has 8 heteroatoms. The van der Waals surface area contributed by atoms with Crippen LogP contribution in [0.1, 0.15) is 57.1 Å². The molecule has 2 unspecified atom stereocenters. The van der Waals surface area contributed by atoms with Crippen molar-refractivity contribution >= 4 is 23.5 Å². The van der Waals surface area contributed by atoms with Crippen LogP contribution in [-0.4, -0.2) is 64.8 Å². The maximum absolute atomic E-state index is 13.8. The molecule has 3 saturated heterocycles. The van der Waals surface area contributed by atoms with Gasteiger partial charge in [-0.15, -0.1) is 0 Å². The van der Waals surface area contributed by atoms with Crippen LogP contribution in [0.25, 0.3) is 0 Å². The number of rotatable bonds is 9. The van der Waals surface area contributed by atoms with E-state index in [9.17, 15) is 14.4 Å². The first-order chi connectivity index (χ1) is 16.2. The molecule has 0 aromatic heterocycles. The van der Waals surface area contributed by atoms with Crippen molar-refractivity contribution in [2.75, 3.05) is 25.1 Å². The van der Waals surface area contributed by atoms with E-state index in [1.54, 1.807) is 11.8 Å². The van der Waals surface area contributed by atoms with E-state index in [2.05, 4.69) is 5.32 Å². The van der Waals surface area contributed by atoms with Gasteiger partial charge in [0.05, 0.1) is 18.1 Å². The summed E-state index contributed by atoms with van der Waals surface area (Å²) in [5, 5.41) is 12.2. The number of carbonyl (C=O) groups is 3. The summed E-state index contributed by atoms with van der Waals surface area (Å²) in [7, 11) is 0. The number of fused-ring (bicyclic) bond motifs is 1. The lowest BCUT2D eigenvalue weighted by atomic mass is 9.66. The van der Waals surface area contributed by atoms with Gasteiger partial charge in [-0.05, 0) is 77.0 Å². The summed E-state index contributed by atoms with van der Waals surface area (Å²) in [6.45, 7) is 8.18. The fourth-order valence-corrected chi connectivity index (χ4v) is 6.20. The minimum absolute atomic E-state index is 0.0868. The summed E-state index contributed by atoms with van der Waals surface area (Å²) >= 11 is 0. The van der Waals surface area contributed by atoms with Crippen LogP contribution in [0.2, 0.25) is 0 Å². The number of hydrogen-bond acceptors (Lipinski definition) is 6. The van der Waals surface area contributed by atoms with Crippen molar-refractivity contribution < 1.29 is 29.0 Å². The number of amides is 2. The number of aryl methyl sites for hydroxylation is 2. The van der Waals surface area contributed by atoms with Gasteiger partial charge in [0.25, 0.3) is 0 Å². The normalized spacial score (nSPS) is 31.6. The van der Waals surface area contributed by atoms with Crippen molar-refractivity contribution in [3.63, 3.8) is 0 Å². The van der Waals surface area contributed by atoms with Crippen LogP contribution in [0.15, 0.2) is 18.2 Å². The molecule has 3 aliphatic rings. The average molecular weight is 473 g/mol. The molecule has 1 spiro atoms. The topological polar surface area (TPSA) is 105 Å². The molecule has 34 heavy (non-hydrogen) atoms. The summed E-state index contributed by atoms with van der Waals surface area (Å²) in [6.07, 6.45) is 3.16. The maximum atomic E-state index is 13.8. The summed E-state index contributed by atoms with van der Waals surface area (Å²) in [6, 6.07) is 5.02. The fraction of sp³-hybridized carbons (Fsp3) is 0.654. The number of nitrogens with zero attached hydrogens (tertiary/aromatic N) is 1. The molecule has 3 heterocycles. The van der Waals surface area contributed by atoms with Crippen molar-refractivity contribution in [2.24, 2.45) is 11.8 Å². The Labute approximate surface area is 201 Å². The van der Waals surface area contributed by atoms with Crippen LogP contribution in [0.4, 0.5) is 5.69 Å². The van der Waals surface area contributed by atoms with Gasteiger partial charge in [-0.3, -0.25) is 14.4 Å². The number of likely N-dealkylation sites (tertiary alicyclic amines) is 1. The zero-order valence-corrected chi connectivity index (χ0v) is 20.6. The van der Waals surface area contributed by atoms with Crippen molar-refractivity contribution in [1.82, 2.24) is 4.90 Å². The molecule has 2 N–H and O–H groups in total.